The second kappa shape index (κ2) is 8.75. The zero-order valence-corrected chi connectivity index (χ0v) is 16.1. The lowest BCUT2D eigenvalue weighted by molar-refractivity contribution is -0.145. The monoisotopic (exact) mass is 378 g/mol. The molecule has 1 fully saturated rings. The van der Waals surface area contributed by atoms with E-state index in [4.69, 9.17) is 9.47 Å². The van der Waals surface area contributed by atoms with Gasteiger partial charge in [-0.1, -0.05) is 30.3 Å². The Morgan fingerprint density at radius 1 is 1.19 bits per heavy atom. The molecule has 1 aromatic rings. The van der Waals surface area contributed by atoms with Gasteiger partial charge in [-0.15, -0.1) is 0 Å². The SMILES string of the molecule is COC(=O)C[C@@H]1CN(C(=O)OC(C)(C)C)[C@H]1NC(=O)OCc1ccccc1. The van der Waals surface area contributed by atoms with E-state index in [1.165, 1.54) is 12.0 Å². The molecule has 2 rings (SSSR count). The highest BCUT2D eigenvalue weighted by Gasteiger charge is 2.46. The van der Waals surface area contributed by atoms with Gasteiger partial charge in [-0.3, -0.25) is 9.69 Å². The third-order valence-electron chi connectivity index (χ3n) is 3.98. The minimum absolute atomic E-state index is 0.0828. The van der Waals surface area contributed by atoms with Crippen LogP contribution in [0.4, 0.5) is 9.59 Å². The molecule has 2 atom stereocenters. The highest BCUT2D eigenvalue weighted by atomic mass is 16.6. The number of ether oxygens (including phenoxy) is 3. The summed E-state index contributed by atoms with van der Waals surface area (Å²) in [6.07, 6.45) is -1.84. The van der Waals surface area contributed by atoms with E-state index < -0.39 is 29.9 Å². The zero-order chi connectivity index (χ0) is 20.0. The zero-order valence-electron chi connectivity index (χ0n) is 16.1. The standard InChI is InChI=1S/C19H26N2O6/c1-19(2,3)27-18(24)21-11-14(10-15(22)25-4)16(21)20-17(23)26-12-13-8-6-5-7-9-13/h5-9,14,16H,10-12H2,1-4H3,(H,20,23)/t14-,16-/m1/s1. The van der Waals surface area contributed by atoms with Crippen LogP contribution < -0.4 is 5.32 Å². The molecule has 2 amide bonds. The summed E-state index contributed by atoms with van der Waals surface area (Å²) in [6, 6.07) is 9.24. The summed E-state index contributed by atoms with van der Waals surface area (Å²) in [5, 5.41) is 2.64. The molecule has 0 unspecified atom stereocenters. The van der Waals surface area contributed by atoms with Gasteiger partial charge in [0.05, 0.1) is 13.5 Å². The van der Waals surface area contributed by atoms with Crippen molar-refractivity contribution in [3.05, 3.63) is 35.9 Å². The largest absolute Gasteiger partial charge is 0.469 e. The molecule has 0 spiro atoms. The van der Waals surface area contributed by atoms with Gasteiger partial charge in [0.2, 0.25) is 0 Å². The Balaban J connectivity index is 1.96. The normalized spacial score (nSPS) is 18.9. The van der Waals surface area contributed by atoms with E-state index in [0.717, 1.165) is 5.56 Å². The minimum atomic E-state index is -0.692. The third kappa shape index (κ3) is 6.16. The third-order valence-corrected chi connectivity index (χ3v) is 3.98. The number of hydrogen-bond donors (Lipinski definition) is 1. The van der Waals surface area contributed by atoms with Crippen molar-refractivity contribution < 1.29 is 28.6 Å². The smallest absolute Gasteiger partial charge is 0.411 e. The molecular formula is C19H26N2O6. The highest BCUT2D eigenvalue weighted by Crippen LogP contribution is 2.28. The fourth-order valence-electron chi connectivity index (χ4n) is 2.65. The van der Waals surface area contributed by atoms with Crippen molar-refractivity contribution in [2.45, 2.75) is 45.6 Å². The average Bonchev–Trinajstić information content (AvgIpc) is 2.60. The van der Waals surface area contributed by atoms with E-state index in [1.54, 1.807) is 20.8 Å². The molecule has 0 aromatic heterocycles. The van der Waals surface area contributed by atoms with Gasteiger partial charge in [0, 0.05) is 12.5 Å². The van der Waals surface area contributed by atoms with Crippen LogP contribution in [0.2, 0.25) is 0 Å². The molecular weight excluding hydrogens is 352 g/mol. The van der Waals surface area contributed by atoms with Crippen molar-refractivity contribution in [1.82, 2.24) is 10.2 Å². The van der Waals surface area contributed by atoms with Crippen molar-refractivity contribution in [3.63, 3.8) is 0 Å². The van der Waals surface area contributed by atoms with Crippen molar-refractivity contribution in [1.29, 1.82) is 0 Å². The van der Waals surface area contributed by atoms with E-state index in [-0.39, 0.29) is 25.5 Å². The first-order chi connectivity index (χ1) is 12.7. The first kappa shape index (κ1) is 20.5. The molecule has 0 radical (unpaired) electrons. The van der Waals surface area contributed by atoms with E-state index >= 15 is 0 Å². The molecule has 1 heterocycles. The fourth-order valence-corrected chi connectivity index (χ4v) is 2.65. The Morgan fingerprint density at radius 3 is 2.44 bits per heavy atom. The quantitative estimate of drug-likeness (QED) is 0.625. The minimum Gasteiger partial charge on any atom is -0.469 e. The summed E-state index contributed by atoms with van der Waals surface area (Å²) in [5.41, 5.74) is 0.180. The van der Waals surface area contributed by atoms with Crippen molar-refractivity contribution in [2.75, 3.05) is 13.7 Å². The molecule has 0 bridgehead atoms. The maximum absolute atomic E-state index is 12.3. The predicted octanol–water partition coefficient (Wildman–Crippen LogP) is 2.67. The molecule has 1 aliphatic heterocycles. The van der Waals surface area contributed by atoms with E-state index in [2.05, 4.69) is 10.1 Å². The number of hydrogen-bond acceptors (Lipinski definition) is 6. The first-order valence-electron chi connectivity index (χ1n) is 8.73. The van der Waals surface area contributed by atoms with Gasteiger partial charge in [-0.25, -0.2) is 9.59 Å². The van der Waals surface area contributed by atoms with Crippen LogP contribution >= 0.6 is 0 Å². The molecule has 148 valence electrons. The Hall–Kier alpha value is -2.77. The maximum atomic E-state index is 12.3. The summed E-state index contributed by atoms with van der Waals surface area (Å²) in [7, 11) is 1.29. The summed E-state index contributed by atoms with van der Waals surface area (Å²) >= 11 is 0. The number of nitrogens with zero attached hydrogens (tertiary/aromatic N) is 1. The molecule has 27 heavy (non-hydrogen) atoms. The van der Waals surface area contributed by atoms with Crippen LogP contribution in [0, 0.1) is 5.92 Å². The Kier molecular flexibility index (Phi) is 6.65. The lowest BCUT2D eigenvalue weighted by Gasteiger charge is -2.47. The Morgan fingerprint density at radius 2 is 1.85 bits per heavy atom. The van der Waals surface area contributed by atoms with E-state index in [9.17, 15) is 14.4 Å². The summed E-state index contributed by atoms with van der Waals surface area (Å²) < 4.78 is 15.2. The number of esters is 1. The highest BCUT2D eigenvalue weighted by molar-refractivity contribution is 5.74. The van der Waals surface area contributed by atoms with Crippen molar-refractivity contribution in [2.24, 2.45) is 5.92 Å². The second-order valence-electron chi connectivity index (χ2n) is 7.32. The molecule has 1 aromatic carbocycles. The molecule has 0 aliphatic carbocycles. The number of likely N-dealkylation sites (tertiary alicyclic amines) is 1. The first-order valence-corrected chi connectivity index (χ1v) is 8.73. The molecule has 1 saturated heterocycles. The Bertz CT molecular complexity index is 671. The number of amides is 2. The second-order valence-corrected chi connectivity index (χ2v) is 7.32. The molecule has 8 heteroatoms. The van der Waals surface area contributed by atoms with Crippen LogP contribution in [-0.4, -0.2) is 48.5 Å². The van der Waals surface area contributed by atoms with Gasteiger partial charge < -0.3 is 19.5 Å². The molecule has 0 saturated carbocycles. The van der Waals surface area contributed by atoms with Gasteiger partial charge in [-0.2, -0.15) is 0 Å². The number of alkyl carbamates (subject to hydrolysis) is 1. The number of nitrogens with one attached hydrogen (secondary N) is 1. The molecule has 8 nitrogen and oxygen atoms in total. The van der Waals surface area contributed by atoms with E-state index in [1.807, 2.05) is 30.3 Å². The summed E-state index contributed by atoms with van der Waals surface area (Å²) in [6.45, 7) is 5.66. The van der Waals surface area contributed by atoms with Gasteiger partial charge >= 0.3 is 18.2 Å². The summed E-state index contributed by atoms with van der Waals surface area (Å²) in [4.78, 5) is 37.4. The van der Waals surface area contributed by atoms with Crippen LogP contribution in [0.5, 0.6) is 0 Å². The van der Waals surface area contributed by atoms with Crippen LogP contribution in [0.25, 0.3) is 0 Å². The average molecular weight is 378 g/mol. The van der Waals surface area contributed by atoms with Crippen molar-refractivity contribution in [3.8, 4) is 0 Å². The fraction of sp³-hybridized carbons (Fsp3) is 0.526. The van der Waals surface area contributed by atoms with Crippen molar-refractivity contribution >= 4 is 18.2 Å². The predicted molar refractivity (Wildman–Crippen MR) is 96.6 cm³/mol. The van der Waals surface area contributed by atoms with Crippen LogP contribution in [0.1, 0.15) is 32.8 Å². The Labute approximate surface area is 158 Å². The molecule has 1 N–H and O–H groups in total. The van der Waals surface area contributed by atoms with Gasteiger partial charge in [0.15, 0.2) is 0 Å². The number of rotatable bonds is 5. The lowest BCUT2D eigenvalue weighted by Crippen LogP contribution is -2.66. The van der Waals surface area contributed by atoms with E-state index in [0.29, 0.717) is 0 Å². The van der Waals surface area contributed by atoms with Gasteiger partial charge in [-0.05, 0) is 26.3 Å². The van der Waals surface area contributed by atoms with Gasteiger partial charge in [0.1, 0.15) is 18.4 Å². The van der Waals surface area contributed by atoms with Crippen LogP contribution in [-0.2, 0) is 25.6 Å². The van der Waals surface area contributed by atoms with Crippen LogP contribution in [0.15, 0.2) is 30.3 Å². The topological polar surface area (TPSA) is 94.2 Å². The number of methoxy groups -OCH3 is 1. The number of carbonyl (C=O) groups excluding carboxylic acids is 3. The molecule has 1 aliphatic rings. The lowest BCUT2D eigenvalue weighted by atomic mass is 9.92. The van der Waals surface area contributed by atoms with Crippen LogP contribution in [0.3, 0.4) is 0 Å². The van der Waals surface area contributed by atoms with Gasteiger partial charge in [0.25, 0.3) is 0 Å². The number of benzene rings is 1. The summed E-state index contributed by atoms with van der Waals surface area (Å²) in [5.74, 6) is -0.678. The number of carbonyl (C=O) groups is 3. The maximum Gasteiger partial charge on any atom is 0.411 e.